The molecule has 0 bridgehead atoms. The van der Waals surface area contributed by atoms with Crippen LogP contribution in [0.5, 0.6) is 0 Å². The molecule has 1 N–H and O–H groups in total. The minimum atomic E-state index is 0.252. The highest BCUT2D eigenvalue weighted by atomic mass is 32.1. The molecule has 1 aromatic heterocycles. The number of aromatic nitrogens is 2. The second-order valence-corrected chi connectivity index (χ2v) is 5.24. The van der Waals surface area contributed by atoms with Crippen LogP contribution in [0.2, 0.25) is 0 Å². The van der Waals surface area contributed by atoms with Crippen LogP contribution >= 0.6 is 11.3 Å². The molecular formula is C13H17N3S. The van der Waals surface area contributed by atoms with E-state index >= 15 is 0 Å². The average molecular weight is 247 g/mol. The number of nitrogens with zero attached hydrogens (tertiary/aromatic N) is 2. The zero-order valence-electron chi connectivity index (χ0n) is 10.6. The Balaban J connectivity index is 2.24. The van der Waals surface area contributed by atoms with E-state index in [0.29, 0.717) is 0 Å². The van der Waals surface area contributed by atoms with Crippen LogP contribution in [0, 0.1) is 20.8 Å². The maximum absolute atomic E-state index is 4.01. The Hall–Kier alpha value is -1.42. The van der Waals surface area contributed by atoms with E-state index in [9.17, 15) is 0 Å². The third-order valence-electron chi connectivity index (χ3n) is 3.05. The second kappa shape index (κ2) is 4.84. The van der Waals surface area contributed by atoms with Gasteiger partial charge in [0.15, 0.2) is 0 Å². The van der Waals surface area contributed by atoms with Crippen molar-refractivity contribution < 1.29 is 0 Å². The van der Waals surface area contributed by atoms with Crippen LogP contribution in [-0.4, -0.2) is 10.2 Å². The Morgan fingerprint density at radius 1 is 1.12 bits per heavy atom. The first-order valence-electron chi connectivity index (χ1n) is 5.68. The fraction of sp³-hybridized carbons (Fsp3) is 0.385. The third kappa shape index (κ3) is 2.64. The summed E-state index contributed by atoms with van der Waals surface area (Å²) in [5, 5.41) is 12.1. The predicted molar refractivity (Wildman–Crippen MR) is 72.6 cm³/mol. The molecule has 0 amide bonds. The Morgan fingerprint density at radius 3 is 2.47 bits per heavy atom. The van der Waals surface area contributed by atoms with Crippen LogP contribution in [0.4, 0.5) is 5.13 Å². The van der Waals surface area contributed by atoms with Crippen molar-refractivity contribution in [3.8, 4) is 0 Å². The summed E-state index contributed by atoms with van der Waals surface area (Å²) in [4.78, 5) is 0. The summed E-state index contributed by atoms with van der Waals surface area (Å²) in [7, 11) is 0. The topological polar surface area (TPSA) is 37.8 Å². The van der Waals surface area contributed by atoms with Gasteiger partial charge in [-0.2, -0.15) is 0 Å². The fourth-order valence-corrected chi connectivity index (χ4v) is 2.48. The van der Waals surface area contributed by atoms with Gasteiger partial charge in [0.2, 0.25) is 5.13 Å². The molecule has 3 nitrogen and oxygen atoms in total. The van der Waals surface area contributed by atoms with Gasteiger partial charge < -0.3 is 5.32 Å². The maximum atomic E-state index is 4.01. The molecule has 4 heteroatoms. The van der Waals surface area contributed by atoms with Crippen molar-refractivity contribution in [1.82, 2.24) is 10.2 Å². The molecule has 2 aromatic rings. The van der Waals surface area contributed by atoms with Crippen molar-refractivity contribution in [3.05, 3.63) is 39.9 Å². The Labute approximate surface area is 106 Å². The van der Waals surface area contributed by atoms with Gasteiger partial charge in [0.25, 0.3) is 0 Å². The number of anilines is 1. The highest BCUT2D eigenvalue weighted by Gasteiger charge is 2.11. The van der Waals surface area contributed by atoms with Crippen LogP contribution < -0.4 is 5.32 Å². The van der Waals surface area contributed by atoms with Gasteiger partial charge in [0.1, 0.15) is 5.51 Å². The van der Waals surface area contributed by atoms with Gasteiger partial charge in [0, 0.05) is 0 Å². The van der Waals surface area contributed by atoms with Crippen LogP contribution in [-0.2, 0) is 0 Å². The highest BCUT2D eigenvalue weighted by molar-refractivity contribution is 7.13. The zero-order chi connectivity index (χ0) is 12.4. The first-order chi connectivity index (χ1) is 8.08. The van der Waals surface area contributed by atoms with E-state index in [2.05, 4.69) is 55.3 Å². The minimum absolute atomic E-state index is 0.252. The van der Waals surface area contributed by atoms with Crippen molar-refractivity contribution in [2.24, 2.45) is 0 Å². The van der Waals surface area contributed by atoms with E-state index in [1.54, 1.807) is 5.51 Å². The summed E-state index contributed by atoms with van der Waals surface area (Å²) in [5.74, 6) is 0. The molecule has 1 heterocycles. The quantitative estimate of drug-likeness (QED) is 0.900. The van der Waals surface area contributed by atoms with Crippen molar-refractivity contribution in [3.63, 3.8) is 0 Å². The molecule has 17 heavy (non-hydrogen) atoms. The van der Waals surface area contributed by atoms with Gasteiger partial charge in [-0.3, -0.25) is 0 Å². The van der Waals surface area contributed by atoms with Crippen molar-refractivity contribution in [1.29, 1.82) is 0 Å². The van der Waals surface area contributed by atoms with Gasteiger partial charge in [-0.1, -0.05) is 23.5 Å². The van der Waals surface area contributed by atoms with E-state index in [1.807, 2.05) is 0 Å². The molecule has 0 fully saturated rings. The molecular weight excluding hydrogens is 230 g/mol. The lowest BCUT2D eigenvalue weighted by atomic mass is 9.97. The Kier molecular flexibility index (Phi) is 3.43. The van der Waals surface area contributed by atoms with E-state index in [0.717, 1.165) is 5.13 Å². The summed E-state index contributed by atoms with van der Waals surface area (Å²) >= 11 is 1.53. The van der Waals surface area contributed by atoms with E-state index < -0.39 is 0 Å². The van der Waals surface area contributed by atoms with Crippen molar-refractivity contribution in [2.75, 3.05) is 5.32 Å². The molecule has 0 saturated heterocycles. The van der Waals surface area contributed by atoms with Gasteiger partial charge in [-0.15, -0.1) is 10.2 Å². The Morgan fingerprint density at radius 2 is 1.82 bits per heavy atom. The molecule has 0 aliphatic heterocycles. The zero-order valence-corrected chi connectivity index (χ0v) is 11.4. The van der Waals surface area contributed by atoms with Crippen molar-refractivity contribution >= 4 is 16.5 Å². The lowest BCUT2D eigenvalue weighted by molar-refractivity contribution is 0.861. The molecule has 2 rings (SSSR count). The standard InChI is InChI=1S/C13H17N3S/c1-8-5-10(3)12(6-9(8)2)11(4)15-13-16-14-7-17-13/h5-7,11H,1-4H3,(H,15,16). The SMILES string of the molecule is Cc1cc(C)c(C(C)Nc2nncs2)cc1C. The van der Waals surface area contributed by atoms with Crippen LogP contribution in [0.3, 0.4) is 0 Å². The predicted octanol–water partition coefficient (Wildman–Crippen LogP) is 3.64. The molecule has 0 aliphatic carbocycles. The third-order valence-corrected chi connectivity index (χ3v) is 3.67. The number of hydrogen-bond acceptors (Lipinski definition) is 4. The molecule has 0 aliphatic rings. The highest BCUT2D eigenvalue weighted by Crippen LogP contribution is 2.25. The van der Waals surface area contributed by atoms with E-state index in [-0.39, 0.29) is 6.04 Å². The molecule has 0 radical (unpaired) electrons. The number of hydrogen-bond donors (Lipinski definition) is 1. The Bertz CT molecular complexity index is 506. The summed E-state index contributed by atoms with van der Waals surface area (Å²) in [6.45, 7) is 8.60. The number of nitrogens with one attached hydrogen (secondary N) is 1. The van der Waals surface area contributed by atoms with Crippen molar-refractivity contribution in [2.45, 2.75) is 33.7 Å². The van der Waals surface area contributed by atoms with Gasteiger partial charge in [-0.25, -0.2) is 0 Å². The maximum Gasteiger partial charge on any atom is 0.205 e. The number of aryl methyl sites for hydroxylation is 3. The van der Waals surface area contributed by atoms with Gasteiger partial charge >= 0.3 is 0 Å². The lowest BCUT2D eigenvalue weighted by Crippen LogP contribution is -2.08. The number of benzene rings is 1. The molecule has 0 spiro atoms. The molecule has 90 valence electrons. The first kappa shape index (κ1) is 12.0. The van der Waals surface area contributed by atoms with Crippen LogP contribution in [0.15, 0.2) is 17.6 Å². The summed E-state index contributed by atoms with van der Waals surface area (Å²) in [5.41, 5.74) is 7.05. The lowest BCUT2D eigenvalue weighted by Gasteiger charge is -2.17. The summed E-state index contributed by atoms with van der Waals surface area (Å²) < 4.78 is 0. The number of rotatable bonds is 3. The molecule has 0 saturated carbocycles. The first-order valence-corrected chi connectivity index (χ1v) is 6.56. The van der Waals surface area contributed by atoms with E-state index in [1.165, 1.54) is 33.6 Å². The average Bonchev–Trinajstić information content (AvgIpc) is 2.76. The molecule has 1 unspecified atom stereocenters. The van der Waals surface area contributed by atoms with Gasteiger partial charge in [0.05, 0.1) is 6.04 Å². The monoisotopic (exact) mass is 247 g/mol. The van der Waals surface area contributed by atoms with Gasteiger partial charge in [-0.05, 0) is 49.9 Å². The fourth-order valence-electron chi connectivity index (χ4n) is 1.95. The largest absolute Gasteiger partial charge is 0.354 e. The second-order valence-electron chi connectivity index (χ2n) is 4.40. The summed E-state index contributed by atoms with van der Waals surface area (Å²) in [6, 6.07) is 4.74. The smallest absolute Gasteiger partial charge is 0.205 e. The normalized spacial score (nSPS) is 12.5. The molecule has 1 atom stereocenters. The summed E-state index contributed by atoms with van der Waals surface area (Å²) in [6.07, 6.45) is 0. The molecule has 1 aromatic carbocycles. The van der Waals surface area contributed by atoms with Crippen LogP contribution in [0.25, 0.3) is 0 Å². The van der Waals surface area contributed by atoms with Crippen LogP contribution in [0.1, 0.15) is 35.2 Å². The van der Waals surface area contributed by atoms with E-state index in [4.69, 9.17) is 0 Å². The minimum Gasteiger partial charge on any atom is -0.354 e.